The molecular weight excluding hydrogens is 394 g/mol. The fraction of sp³-hybridized carbons (Fsp3) is 0.235. The lowest BCUT2D eigenvalue weighted by atomic mass is 10.1. The molecule has 146 valence electrons. The molecule has 0 fully saturated rings. The molecule has 27 heavy (non-hydrogen) atoms. The van der Waals surface area contributed by atoms with E-state index in [0.29, 0.717) is 5.56 Å². The second-order valence-corrected chi connectivity index (χ2v) is 6.54. The van der Waals surface area contributed by atoms with Crippen molar-refractivity contribution in [2.24, 2.45) is 0 Å². The Morgan fingerprint density at radius 2 is 1.63 bits per heavy atom. The summed E-state index contributed by atoms with van der Waals surface area (Å²) in [6.45, 7) is 0.0924. The van der Waals surface area contributed by atoms with Crippen molar-refractivity contribution in [2.45, 2.75) is 23.0 Å². The van der Waals surface area contributed by atoms with Gasteiger partial charge in [-0.15, -0.1) is 0 Å². The molecule has 2 aromatic rings. The van der Waals surface area contributed by atoms with Crippen LogP contribution in [0.1, 0.15) is 11.1 Å². The van der Waals surface area contributed by atoms with Crippen LogP contribution in [0.3, 0.4) is 0 Å². The number of rotatable bonds is 5. The molecule has 0 saturated heterocycles. The quantitative estimate of drug-likeness (QED) is 0.494. The number of alkyl halides is 6. The van der Waals surface area contributed by atoms with Gasteiger partial charge in [0.1, 0.15) is 0 Å². The van der Waals surface area contributed by atoms with Crippen molar-refractivity contribution in [1.82, 2.24) is 5.32 Å². The highest BCUT2D eigenvalue weighted by Crippen LogP contribution is 2.37. The summed E-state index contributed by atoms with van der Waals surface area (Å²) in [5, 5.41) is 4.91. The lowest BCUT2D eigenvalue weighted by Crippen LogP contribution is -2.30. The Kier molecular flexibility index (Phi) is 6.63. The van der Waals surface area contributed by atoms with Crippen LogP contribution in [0.25, 0.3) is 0 Å². The fourth-order valence-electron chi connectivity index (χ4n) is 2.14. The van der Waals surface area contributed by atoms with Crippen molar-refractivity contribution in [3.05, 3.63) is 59.7 Å². The number of carbonyl (C=O) groups excluding carboxylic acids is 1. The first-order valence-electron chi connectivity index (χ1n) is 7.60. The minimum Gasteiger partial charge on any atom is -0.338 e. The van der Waals surface area contributed by atoms with E-state index in [0.717, 1.165) is 12.1 Å². The Morgan fingerprint density at radius 3 is 2.22 bits per heavy atom. The van der Waals surface area contributed by atoms with Gasteiger partial charge in [0.25, 0.3) is 0 Å². The third kappa shape index (κ3) is 7.41. The van der Waals surface area contributed by atoms with Gasteiger partial charge >= 0.3 is 17.7 Å². The van der Waals surface area contributed by atoms with Crippen LogP contribution in [0.5, 0.6) is 0 Å². The standard InChI is InChI=1S/C17H14F6N2OS/c18-16(19,20)12-3-1-2-11(10-12)8-9-24-15(26)25-13-4-6-14(7-5-13)27-17(21,22)23/h1-7,10H,8-9H2,(H2,24,25,26). The molecule has 0 heterocycles. The molecule has 0 unspecified atom stereocenters. The maximum absolute atomic E-state index is 12.6. The molecule has 0 aliphatic rings. The zero-order chi connectivity index (χ0) is 20.1. The summed E-state index contributed by atoms with van der Waals surface area (Å²) in [5.74, 6) is 0. The third-order valence-electron chi connectivity index (χ3n) is 3.30. The van der Waals surface area contributed by atoms with Crippen LogP contribution in [0, 0.1) is 0 Å². The average molecular weight is 408 g/mol. The molecular formula is C17H14F6N2OS. The number of benzene rings is 2. The number of thioether (sulfide) groups is 1. The van der Waals surface area contributed by atoms with Crippen molar-refractivity contribution >= 4 is 23.5 Å². The lowest BCUT2D eigenvalue weighted by molar-refractivity contribution is -0.137. The summed E-state index contributed by atoms with van der Waals surface area (Å²) in [6, 6.07) is 9.25. The minimum atomic E-state index is -4.43. The molecule has 10 heteroatoms. The molecule has 3 nitrogen and oxygen atoms in total. The smallest absolute Gasteiger partial charge is 0.338 e. The van der Waals surface area contributed by atoms with Gasteiger partial charge in [-0.1, -0.05) is 18.2 Å². The maximum atomic E-state index is 12.6. The van der Waals surface area contributed by atoms with E-state index in [-0.39, 0.29) is 35.3 Å². The summed E-state index contributed by atoms with van der Waals surface area (Å²) in [6.07, 6.45) is -4.24. The van der Waals surface area contributed by atoms with Crippen molar-refractivity contribution in [1.29, 1.82) is 0 Å². The predicted molar refractivity (Wildman–Crippen MR) is 90.5 cm³/mol. The Hall–Kier alpha value is -2.36. The van der Waals surface area contributed by atoms with Gasteiger partial charge in [-0.3, -0.25) is 0 Å². The van der Waals surface area contributed by atoms with Gasteiger partial charge in [-0.05, 0) is 54.1 Å². The van der Waals surface area contributed by atoms with E-state index in [1.54, 1.807) is 0 Å². The first kappa shape index (κ1) is 20.9. The van der Waals surface area contributed by atoms with Crippen LogP contribution >= 0.6 is 11.8 Å². The highest BCUT2D eigenvalue weighted by Gasteiger charge is 2.30. The number of anilines is 1. The summed E-state index contributed by atoms with van der Waals surface area (Å²) >= 11 is -0.266. The molecule has 0 saturated carbocycles. The lowest BCUT2D eigenvalue weighted by Gasteiger charge is -2.10. The number of nitrogens with one attached hydrogen (secondary N) is 2. The molecule has 0 bridgehead atoms. The van der Waals surface area contributed by atoms with Crippen molar-refractivity contribution < 1.29 is 31.1 Å². The molecule has 0 aliphatic heterocycles. The van der Waals surface area contributed by atoms with Gasteiger partial charge in [0.15, 0.2) is 0 Å². The average Bonchev–Trinajstić information content (AvgIpc) is 2.55. The highest BCUT2D eigenvalue weighted by molar-refractivity contribution is 8.00. The number of carbonyl (C=O) groups is 1. The Balaban J connectivity index is 1.81. The van der Waals surface area contributed by atoms with Gasteiger partial charge in [-0.25, -0.2) is 4.79 Å². The largest absolute Gasteiger partial charge is 0.446 e. The number of urea groups is 1. The normalized spacial score (nSPS) is 11.9. The zero-order valence-corrected chi connectivity index (χ0v) is 14.4. The van der Waals surface area contributed by atoms with Crippen LogP contribution in [0.4, 0.5) is 36.8 Å². The molecule has 0 spiro atoms. The first-order valence-corrected chi connectivity index (χ1v) is 8.41. The van der Waals surface area contributed by atoms with Crippen LogP contribution in [-0.4, -0.2) is 18.1 Å². The zero-order valence-electron chi connectivity index (χ0n) is 13.6. The third-order valence-corrected chi connectivity index (χ3v) is 4.04. The van der Waals surface area contributed by atoms with Gasteiger partial charge in [-0.2, -0.15) is 26.3 Å². The molecule has 2 N–H and O–H groups in total. The summed E-state index contributed by atoms with van der Waals surface area (Å²) in [4.78, 5) is 11.7. The Bertz CT molecular complexity index is 774. The summed E-state index contributed by atoms with van der Waals surface area (Å²) in [5.41, 5.74) is -4.45. The maximum Gasteiger partial charge on any atom is 0.446 e. The Morgan fingerprint density at radius 1 is 0.963 bits per heavy atom. The number of halogens is 6. The molecule has 0 aliphatic carbocycles. The monoisotopic (exact) mass is 408 g/mol. The van der Waals surface area contributed by atoms with E-state index in [1.807, 2.05) is 0 Å². The number of hydrogen-bond acceptors (Lipinski definition) is 2. The second-order valence-electron chi connectivity index (χ2n) is 5.40. The van der Waals surface area contributed by atoms with Crippen molar-refractivity contribution in [2.75, 3.05) is 11.9 Å². The van der Waals surface area contributed by atoms with Crippen LogP contribution in [0.2, 0.25) is 0 Å². The molecule has 2 amide bonds. The summed E-state index contributed by atoms with van der Waals surface area (Å²) < 4.78 is 74.6. The molecule has 2 aromatic carbocycles. The number of amides is 2. The van der Waals surface area contributed by atoms with Gasteiger partial charge < -0.3 is 10.6 Å². The molecule has 0 aromatic heterocycles. The molecule has 0 atom stereocenters. The van der Waals surface area contributed by atoms with Crippen molar-refractivity contribution in [3.63, 3.8) is 0 Å². The van der Waals surface area contributed by atoms with E-state index in [2.05, 4.69) is 10.6 Å². The number of hydrogen-bond donors (Lipinski definition) is 2. The first-order chi connectivity index (χ1) is 12.5. The van der Waals surface area contributed by atoms with Crippen LogP contribution < -0.4 is 10.6 Å². The van der Waals surface area contributed by atoms with E-state index in [1.165, 1.54) is 36.4 Å². The SMILES string of the molecule is O=C(NCCc1cccc(C(F)(F)F)c1)Nc1ccc(SC(F)(F)F)cc1. The van der Waals surface area contributed by atoms with E-state index in [9.17, 15) is 31.1 Å². The highest BCUT2D eigenvalue weighted by atomic mass is 32.2. The Labute approximate surface area is 155 Å². The van der Waals surface area contributed by atoms with E-state index in [4.69, 9.17) is 0 Å². The molecule has 0 radical (unpaired) electrons. The van der Waals surface area contributed by atoms with Gasteiger partial charge in [0, 0.05) is 17.1 Å². The van der Waals surface area contributed by atoms with Gasteiger partial charge in [0.05, 0.1) is 5.56 Å². The second kappa shape index (κ2) is 8.55. The van der Waals surface area contributed by atoms with Gasteiger partial charge in [0.2, 0.25) is 0 Å². The van der Waals surface area contributed by atoms with Crippen molar-refractivity contribution in [3.8, 4) is 0 Å². The topological polar surface area (TPSA) is 41.1 Å². The fourth-order valence-corrected chi connectivity index (χ4v) is 2.68. The molecule has 2 rings (SSSR count). The van der Waals surface area contributed by atoms with Crippen LogP contribution in [-0.2, 0) is 12.6 Å². The van der Waals surface area contributed by atoms with E-state index < -0.39 is 23.3 Å². The van der Waals surface area contributed by atoms with E-state index >= 15 is 0 Å². The predicted octanol–water partition coefficient (Wildman–Crippen LogP) is 5.68. The van der Waals surface area contributed by atoms with Crippen LogP contribution in [0.15, 0.2) is 53.4 Å². The minimum absolute atomic E-state index is 0.0157. The summed E-state index contributed by atoms with van der Waals surface area (Å²) in [7, 11) is 0.